The van der Waals surface area contributed by atoms with Crippen molar-refractivity contribution in [2.24, 2.45) is 0 Å². The van der Waals surface area contributed by atoms with Gasteiger partial charge in [-0.25, -0.2) is 8.78 Å². The molecule has 1 atom stereocenters. The topological polar surface area (TPSA) is 38.3 Å². The van der Waals surface area contributed by atoms with Gasteiger partial charge < -0.3 is 10.1 Å². The monoisotopic (exact) mass is 271 g/mol. The molecule has 1 unspecified atom stereocenters. The number of benzene rings is 1. The van der Waals surface area contributed by atoms with Gasteiger partial charge in [-0.15, -0.1) is 0 Å². The highest BCUT2D eigenvalue weighted by molar-refractivity contribution is 5.77. The van der Waals surface area contributed by atoms with Crippen LogP contribution >= 0.6 is 0 Å². The number of hydrogen-bond acceptors (Lipinski definition) is 2. The van der Waals surface area contributed by atoms with Crippen molar-refractivity contribution in [3.63, 3.8) is 0 Å². The minimum atomic E-state index is -0.676. The molecule has 1 rings (SSSR count). The second kappa shape index (κ2) is 6.10. The third-order valence-corrected chi connectivity index (χ3v) is 2.44. The Hall–Kier alpha value is -1.49. The standard InChI is InChI=1S/C14H19F2NO2/c1-9(11-6-5-10(15)7-12(11)16)17-13(18)8-19-14(2,3)4/h5-7,9H,8H2,1-4H3,(H,17,18). The van der Waals surface area contributed by atoms with Crippen LogP contribution in [0.1, 0.15) is 39.3 Å². The molecule has 1 aromatic rings. The molecule has 0 aromatic heterocycles. The number of hydrogen-bond donors (Lipinski definition) is 1. The van der Waals surface area contributed by atoms with E-state index in [1.165, 1.54) is 6.07 Å². The third-order valence-electron chi connectivity index (χ3n) is 2.44. The highest BCUT2D eigenvalue weighted by atomic mass is 19.1. The van der Waals surface area contributed by atoms with Gasteiger partial charge in [-0.1, -0.05) is 6.07 Å². The minimum Gasteiger partial charge on any atom is -0.366 e. The number of ether oxygens (including phenoxy) is 1. The first-order valence-electron chi connectivity index (χ1n) is 6.07. The number of nitrogens with one attached hydrogen (secondary N) is 1. The van der Waals surface area contributed by atoms with Crippen LogP contribution in [0.5, 0.6) is 0 Å². The van der Waals surface area contributed by atoms with Gasteiger partial charge in [0.15, 0.2) is 0 Å². The summed E-state index contributed by atoms with van der Waals surface area (Å²) in [5.41, 5.74) is -0.174. The fourth-order valence-electron chi connectivity index (χ4n) is 1.50. The summed E-state index contributed by atoms with van der Waals surface area (Å²) in [5.74, 6) is -1.66. The van der Waals surface area contributed by atoms with Crippen molar-refractivity contribution in [2.75, 3.05) is 6.61 Å². The van der Waals surface area contributed by atoms with Crippen molar-refractivity contribution in [1.82, 2.24) is 5.32 Å². The molecule has 106 valence electrons. The van der Waals surface area contributed by atoms with Crippen LogP contribution < -0.4 is 5.32 Å². The number of rotatable bonds is 4. The highest BCUT2D eigenvalue weighted by Gasteiger charge is 2.17. The quantitative estimate of drug-likeness (QED) is 0.914. The summed E-state index contributed by atoms with van der Waals surface area (Å²) >= 11 is 0. The molecule has 1 amide bonds. The van der Waals surface area contributed by atoms with E-state index in [2.05, 4.69) is 5.32 Å². The van der Waals surface area contributed by atoms with Gasteiger partial charge in [-0.05, 0) is 33.8 Å². The summed E-state index contributed by atoms with van der Waals surface area (Å²) in [6, 6.07) is 2.73. The second-order valence-corrected chi connectivity index (χ2v) is 5.36. The zero-order chi connectivity index (χ0) is 14.6. The van der Waals surface area contributed by atoms with Gasteiger partial charge in [0.05, 0.1) is 11.6 Å². The number of halogens is 2. The van der Waals surface area contributed by atoms with Gasteiger partial charge >= 0.3 is 0 Å². The number of amides is 1. The van der Waals surface area contributed by atoms with Crippen molar-refractivity contribution >= 4 is 5.91 Å². The Bertz CT molecular complexity index is 455. The Morgan fingerprint density at radius 2 is 2.00 bits per heavy atom. The van der Waals surface area contributed by atoms with Crippen molar-refractivity contribution in [1.29, 1.82) is 0 Å². The van der Waals surface area contributed by atoms with Crippen LogP contribution in [0.25, 0.3) is 0 Å². The van der Waals surface area contributed by atoms with Gasteiger partial charge in [0.2, 0.25) is 5.91 Å². The molecule has 0 bridgehead atoms. The molecule has 19 heavy (non-hydrogen) atoms. The molecule has 0 spiro atoms. The first kappa shape index (κ1) is 15.6. The van der Waals surface area contributed by atoms with Crippen LogP contribution in [0.2, 0.25) is 0 Å². The lowest BCUT2D eigenvalue weighted by Crippen LogP contribution is -2.34. The van der Waals surface area contributed by atoms with E-state index >= 15 is 0 Å². The Morgan fingerprint density at radius 3 is 2.53 bits per heavy atom. The molecule has 0 saturated heterocycles. The fraction of sp³-hybridized carbons (Fsp3) is 0.500. The van der Waals surface area contributed by atoms with Crippen LogP contribution in [0.3, 0.4) is 0 Å². The Labute approximate surface area is 112 Å². The average molecular weight is 271 g/mol. The van der Waals surface area contributed by atoms with Gasteiger partial charge in [-0.3, -0.25) is 4.79 Å². The molecule has 0 saturated carbocycles. The van der Waals surface area contributed by atoms with E-state index in [1.54, 1.807) is 6.92 Å². The summed E-state index contributed by atoms with van der Waals surface area (Å²) < 4.78 is 31.6. The summed E-state index contributed by atoms with van der Waals surface area (Å²) in [7, 11) is 0. The highest BCUT2D eigenvalue weighted by Crippen LogP contribution is 2.17. The van der Waals surface area contributed by atoms with Crippen LogP contribution in [0, 0.1) is 11.6 Å². The van der Waals surface area contributed by atoms with Crippen molar-refractivity contribution in [2.45, 2.75) is 39.3 Å². The molecule has 0 fully saturated rings. The SMILES string of the molecule is CC(NC(=O)COC(C)(C)C)c1ccc(F)cc1F. The van der Waals surface area contributed by atoms with E-state index in [4.69, 9.17) is 4.74 Å². The Kier molecular flexibility index (Phi) is 5.00. The largest absolute Gasteiger partial charge is 0.366 e. The maximum absolute atomic E-state index is 13.5. The van der Waals surface area contributed by atoms with Crippen LogP contribution in [0.15, 0.2) is 18.2 Å². The smallest absolute Gasteiger partial charge is 0.246 e. The summed E-state index contributed by atoms with van der Waals surface area (Å²) in [6.45, 7) is 7.04. The zero-order valence-electron chi connectivity index (χ0n) is 11.6. The molecule has 0 aliphatic rings. The van der Waals surface area contributed by atoms with Crippen molar-refractivity contribution < 1.29 is 18.3 Å². The third kappa shape index (κ3) is 5.34. The van der Waals surface area contributed by atoms with E-state index < -0.39 is 23.3 Å². The van der Waals surface area contributed by atoms with E-state index in [-0.39, 0.29) is 18.1 Å². The van der Waals surface area contributed by atoms with Crippen LogP contribution in [0.4, 0.5) is 8.78 Å². The second-order valence-electron chi connectivity index (χ2n) is 5.36. The predicted octanol–water partition coefficient (Wildman–Crippen LogP) is 2.96. The van der Waals surface area contributed by atoms with E-state index in [1.807, 2.05) is 20.8 Å². The lowest BCUT2D eigenvalue weighted by molar-refractivity contribution is -0.131. The van der Waals surface area contributed by atoms with Crippen LogP contribution in [-0.4, -0.2) is 18.1 Å². The molecule has 5 heteroatoms. The van der Waals surface area contributed by atoms with Crippen LogP contribution in [-0.2, 0) is 9.53 Å². The lowest BCUT2D eigenvalue weighted by atomic mass is 10.1. The predicted molar refractivity (Wildman–Crippen MR) is 68.6 cm³/mol. The van der Waals surface area contributed by atoms with Gasteiger partial charge in [0.25, 0.3) is 0 Å². The van der Waals surface area contributed by atoms with Gasteiger partial charge in [0.1, 0.15) is 18.2 Å². The molecule has 1 N–H and O–H groups in total. The first-order valence-corrected chi connectivity index (χ1v) is 6.07. The maximum Gasteiger partial charge on any atom is 0.246 e. The maximum atomic E-state index is 13.5. The van der Waals surface area contributed by atoms with Gasteiger partial charge in [-0.2, -0.15) is 0 Å². The van der Waals surface area contributed by atoms with E-state index in [9.17, 15) is 13.6 Å². The van der Waals surface area contributed by atoms with E-state index in [0.29, 0.717) is 0 Å². The molecule has 3 nitrogen and oxygen atoms in total. The fourth-order valence-corrected chi connectivity index (χ4v) is 1.50. The Balaban J connectivity index is 2.59. The van der Waals surface area contributed by atoms with Crippen molar-refractivity contribution in [3.05, 3.63) is 35.4 Å². The van der Waals surface area contributed by atoms with E-state index in [0.717, 1.165) is 12.1 Å². The van der Waals surface area contributed by atoms with Gasteiger partial charge in [0, 0.05) is 11.6 Å². The molecule has 0 aliphatic carbocycles. The molecule has 0 radical (unpaired) electrons. The Morgan fingerprint density at radius 1 is 1.37 bits per heavy atom. The first-order chi connectivity index (χ1) is 8.69. The molecule has 1 aromatic carbocycles. The normalized spacial score (nSPS) is 13.2. The summed E-state index contributed by atoms with van der Waals surface area (Å²) in [5, 5.41) is 2.60. The number of carbonyl (C=O) groups excluding carboxylic acids is 1. The zero-order valence-corrected chi connectivity index (χ0v) is 11.6. The lowest BCUT2D eigenvalue weighted by Gasteiger charge is -2.20. The minimum absolute atomic E-state index is 0.101. The van der Waals surface area contributed by atoms with Crippen molar-refractivity contribution in [3.8, 4) is 0 Å². The number of carbonyl (C=O) groups is 1. The molecule has 0 heterocycles. The molecular weight excluding hydrogens is 252 g/mol. The molecular formula is C14H19F2NO2. The average Bonchev–Trinajstić information content (AvgIpc) is 2.25. The summed E-state index contributed by atoms with van der Waals surface area (Å²) in [4.78, 5) is 11.6. The summed E-state index contributed by atoms with van der Waals surface area (Å²) in [6.07, 6.45) is 0. The molecule has 0 aliphatic heterocycles.